The lowest BCUT2D eigenvalue weighted by molar-refractivity contribution is 0.115. The lowest BCUT2D eigenvalue weighted by atomic mass is 10.4. The maximum absolute atomic E-state index is 5.62. The van der Waals surface area contributed by atoms with Crippen molar-refractivity contribution < 1.29 is 9.68 Å². The molecule has 0 atom stereocenters. The number of unbranched alkanes of at least 4 members (excludes halogenated alkanes) is 1. The second kappa shape index (κ2) is 6.92. The zero-order valence-corrected chi connectivity index (χ0v) is 11.3. The number of hydrogen-bond donors (Lipinski definition) is 1. The largest absolute Gasteiger partial charge is 0.368 e. The van der Waals surface area contributed by atoms with Gasteiger partial charge in [0.15, 0.2) is 0 Å². The SMILES string of the molecule is CCCCON(C)c1nc(N)nc(N(C)OC)n1. The van der Waals surface area contributed by atoms with Gasteiger partial charge in [0.2, 0.25) is 5.95 Å². The van der Waals surface area contributed by atoms with E-state index in [-0.39, 0.29) is 5.95 Å². The van der Waals surface area contributed by atoms with E-state index in [1.807, 2.05) is 0 Å². The summed E-state index contributed by atoms with van der Waals surface area (Å²) in [6, 6.07) is 0. The minimum Gasteiger partial charge on any atom is -0.368 e. The minimum atomic E-state index is 0.116. The Labute approximate surface area is 107 Å². The van der Waals surface area contributed by atoms with Crippen molar-refractivity contribution in [1.29, 1.82) is 0 Å². The summed E-state index contributed by atoms with van der Waals surface area (Å²) in [5.41, 5.74) is 5.62. The van der Waals surface area contributed by atoms with E-state index in [1.54, 1.807) is 14.1 Å². The van der Waals surface area contributed by atoms with Crippen LogP contribution in [0.5, 0.6) is 0 Å². The van der Waals surface area contributed by atoms with Crippen LogP contribution in [0.25, 0.3) is 0 Å². The maximum atomic E-state index is 5.62. The van der Waals surface area contributed by atoms with Crippen LogP contribution in [-0.2, 0) is 9.68 Å². The predicted molar refractivity (Wildman–Crippen MR) is 68.9 cm³/mol. The Morgan fingerprint density at radius 1 is 1.11 bits per heavy atom. The van der Waals surface area contributed by atoms with E-state index in [0.29, 0.717) is 18.5 Å². The minimum absolute atomic E-state index is 0.116. The van der Waals surface area contributed by atoms with E-state index in [9.17, 15) is 0 Å². The molecule has 0 aliphatic carbocycles. The van der Waals surface area contributed by atoms with Crippen molar-refractivity contribution in [1.82, 2.24) is 15.0 Å². The van der Waals surface area contributed by atoms with Crippen molar-refractivity contribution in [2.45, 2.75) is 19.8 Å². The molecule has 0 saturated heterocycles. The third-order valence-corrected chi connectivity index (χ3v) is 2.25. The number of nitrogens with zero attached hydrogens (tertiary/aromatic N) is 5. The molecule has 1 rings (SSSR count). The third kappa shape index (κ3) is 3.97. The molecule has 0 aliphatic heterocycles. The quantitative estimate of drug-likeness (QED) is 0.561. The summed E-state index contributed by atoms with van der Waals surface area (Å²) in [4.78, 5) is 22.6. The molecule has 18 heavy (non-hydrogen) atoms. The second-order valence-corrected chi connectivity index (χ2v) is 3.66. The van der Waals surface area contributed by atoms with Crippen LogP contribution in [0.3, 0.4) is 0 Å². The van der Waals surface area contributed by atoms with Crippen LogP contribution >= 0.6 is 0 Å². The van der Waals surface area contributed by atoms with Gasteiger partial charge in [0, 0.05) is 14.1 Å². The predicted octanol–water partition coefficient (Wildman–Crippen LogP) is 0.619. The number of anilines is 3. The smallest absolute Gasteiger partial charge is 0.256 e. The van der Waals surface area contributed by atoms with Gasteiger partial charge in [-0.1, -0.05) is 13.3 Å². The summed E-state index contributed by atoms with van der Waals surface area (Å²) in [6.07, 6.45) is 2.03. The fourth-order valence-electron chi connectivity index (χ4n) is 1.14. The lowest BCUT2D eigenvalue weighted by Gasteiger charge is -2.19. The normalized spacial score (nSPS) is 10.4. The molecule has 0 saturated carbocycles. The highest BCUT2D eigenvalue weighted by Gasteiger charge is 2.12. The number of hydrogen-bond acceptors (Lipinski definition) is 8. The molecule has 0 amide bonds. The van der Waals surface area contributed by atoms with Crippen LogP contribution in [0, 0.1) is 0 Å². The van der Waals surface area contributed by atoms with Gasteiger partial charge < -0.3 is 5.73 Å². The molecule has 0 aromatic carbocycles. The summed E-state index contributed by atoms with van der Waals surface area (Å²) < 4.78 is 0. The molecule has 0 spiro atoms. The Morgan fingerprint density at radius 2 is 1.72 bits per heavy atom. The number of nitrogens with two attached hydrogens (primary N) is 1. The summed E-state index contributed by atoms with van der Waals surface area (Å²) >= 11 is 0. The molecule has 8 nitrogen and oxygen atoms in total. The molecule has 2 N–H and O–H groups in total. The standard InChI is InChI=1S/C10H20N6O2/c1-5-6-7-18-16(3)10-13-8(11)12-9(14-10)15(2)17-4/h5-7H2,1-4H3,(H2,11,12,13,14). The van der Waals surface area contributed by atoms with Gasteiger partial charge in [-0.2, -0.15) is 15.0 Å². The first-order valence-electron chi connectivity index (χ1n) is 5.74. The molecule has 1 heterocycles. The van der Waals surface area contributed by atoms with Gasteiger partial charge in [-0.25, -0.2) is 10.1 Å². The Bertz CT molecular complexity index is 375. The number of rotatable bonds is 7. The van der Waals surface area contributed by atoms with Gasteiger partial charge in [-0.05, 0) is 6.42 Å². The average molecular weight is 256 g/mol. The highest BCUT2D eigenvalue weighted by atomic mass is 16.7. The maximum Gasteiger partial charge on any atom is 0.256 e. The van der Waals surface area contributed by atoms with E-state index >= 15 is 0 Å². The van der Waals surface area contributed by atoms with E-state index < -0.39 is 0 Å². The second-order valence-electron chi connectivity index (χ2n) is 3.66. The molecule has 0 bridgehead atoms. The lowest BCUT2D eigenvalue weighted by Crippen LogP contribution is -2.25. The van der Waals surface area contributed by atoms with E-state index in [0.717, 1.165) is 12.8 Å². The van der Waals surface area contributed by atoms with Crippen LogP contribution in [-0.4, -0.2) is 42.8 Å². The highest BCUT2D eigenvalue weighted by molar-refractivity contribution is 5.39. The molecule has 1 aromatic rings. The summed E-state index contributed by atoms with van der Waals surface area (Å²) in [5, 5.41) is 2.86. The zero-order valence-electron chi connectivity index (χ0n) is 11.3. The van der Waals surface area contributed by atoms with Crippen molar-refractivity contribution in [3.05, 3.63) is 0 Å². The molecular formula is C10H20N6O2. The van der Waals surface area contributed by atoms with Crippen LogP contribution in [0.15, 0.2) is 0 Å². The van der Waals surface area contributed by atoms with E-state index in [1.165, 1.54) is 17.2 Å². The van der Waals surface area contributed by atoms with Crippen LogP contribution in [0.2, 0.25) is 0 Å². The highest BCUT2D eigenvalue weighted by Crippen LogP contribution is 2.13. The molecule has 0 aliphatic rings. The van der Waals surface area contributed by atoms with Crippen molar-refractivity contribution in [2.75, 3.05) is 43.7 Å². The van der Waals surface area contributed by atoms with E-state index in [2.05, 4.69) is 21.9 Å². The Balaban J connectivity index is 2.78. The molecule has 0 fully saturated rings. The number of nitrogen functional groups attached to an aromatic ring is 1. The first-order chi connectivity index (χ1) is 8.58. The first-order valence-corrected chi connectivity index (χ1v) is 5.74. The summed E-state index contributed by atoms with van der Waals surface area (Å²) in [7, 11) is 4.92. The van der Waals surface area contributed by atoms with Gasteiger partial charge in [0.1, 0.15) is 0 Å². The van der Waals surface area contributed by atoms with Crippen LogP contribution in [0.1, 0.15) is 19.8 Å². The van der Waals surface area contributed by atoms with E-state index in [4.69, 9.17) is 15.4 Å². The fraction of sp³-hybridized carbons (Fsp3) is 0.700. The summed E-state index contributed by atoms with van der Waals surface area (Å²) in [5.74, 6) is 0.785. The van der Waals surface area contributed by atoms with Crippen molar-refractivity contribution in [3.63, 3.8) is 0 Å². The molecule has 0 radical (unpaired) electrons. The fourth-order valence-corrected chi connectivity index (χ4v) is 1.14. The zero-order chi connectivity index (χ0) is 13.5. The topological polar surface area (TPSA) is 89.6 Å². The first kappa shape index (κ1) is 14.4. The third-order valence-electron chi connectivity index (χ3n) is 2.25. The number of aromatic nitrogens is 3. The molecular weight excluding hydrogens is 236 g/mol. The Kier molecular flexibility index (Phi) is 5.53. The van der Waals surface area contributed by atoms with Gasteiger partial charge in [0.05, 0.1) is 13.7 Å². The van der Waals surface area contributed by atoms with Crippen molar-refractivity contribution >= 4 is 17.8 Å². The molecule has 102 valence electrons. The van der Waals surface area contributed by atoms with Crippen molar-refractivity contribution in [3.8, 4) is 0 Å². The van der Waals surface area contributed by atoms with Gasteiger partial charge in [-0.15, -0.1) is 0 Å². The van der Waals surface area contributed by atoms with Gasteiger partial charge in [0.25, 0.3) is 11.9 Å². The van der Waals surface area contributed by atoms with Crippen LogP contribution in [0.4, 0.5) is 17.8 Å². The Morgan fingerprint density at radius 3 is 2.28 bits per heavy atom. The average Bonchev–Trinajstić information content (AvgIpc) is 2.37. The van der Waals surface area contributed by atoms with Gasteiger partial charge >= 0.3 is 0 Å². The number of hydroxylamine groups is 2. The molecule has 1 aromatic heterocycles. The van der Waals surface area contributed by atoms with Crippen molar-refractivity contribution in [2.24, 2.45) is 0 Å². The van der Waals surface area contributed by atoms with Crippen LogP contribution < -0.4 is 15.9 Å². The molecule has 8 heteroatoms. The van der Waals surface area contributed by atoms with Gasteiger partial charge in [-0.3, -0.25) is 9.68 Å². The molecule has 0 unspecified atom stereocenters. The monoisotopic (exact) mass is 256 g/mol. The summed E-state index contributed by atoms with van der Waals surface area (Å²) in [6.45, 7) is 2.70. The Hall–Kier alpha value is -1.67.